The Morgan fingerprint density at radius 1 is 1.10 bits per heavy atom. The molecule has 0 atom stereocenters. The van der Waals surface area contributed by atoms with Gasteiger partial charge in [0.05, 0.1) is 10.7 Å². The van der Waals surface area contributed by atoms with Gasteiger partial charge >= 0.3 is 0 Å². The summed E-state index contributed by atoms with van der Waals surface area (Å²) in [4.78, 5) is 4.02. The van der Waals surface area contributed by atoms with Crippen molar-refractivity contribution in [1.82, 2.24) is 4.98 Å². The van der Waals surface area contributed by atoms with Crippen LogP contribution in [0.2, 0.25) is 5.02 Å². The van der Waals surface area contributed by atoms with Crippen LogP contribution in [-0.4, -0.2) is 4.98 Å². The molecule has 2 N–H and O–H groups in total. The summed E-state index contributed by atoms with van der Waals surface area (Å²) >= 11 is 5.72. The maximum atomic E-state index is 13.8. The van der Waals surface area contributed by atoms with E-state index in [1.54, 1.807) is 30.6 Å². The van der Waals surface area contributed by atoms with Crippen LogP contribution in [0.1, 0.15) is 0 Å². The van der Waals surface area contributed by atoms with Crippen LogP contribution in [0.25, 0.3) is 10.8 Å². The molecule has 0 aliphatic rings. The van der Waals surface area contributed by atoms with E-state index in [9.17, 15) is 4.39 Å². The van der Waals surface area contributed by atoms with Crippen molar-refractivity contribution in [2.45, 2.75) is 0 Å². The van der Waals surface area contributed by atoms with Crippen LogP contribution in [0.4, 0.5) is 10.1 Å². The van der Waals surface area contributed by atoms with E-state index in [-0.39, 0.29) is 10.8 Å². The van der Waals surface area contributed by atoms with Crippen LogP contribution < -0.4 is 10.5 Å². The minimum absolute atomic E-state index is 0.00561. The highest BCUT2D eigenvalue weighted by molar-refractivity contribution is 6.30. The van der Waals surface area contributed by atoms with Crippen molar-refractivity contribution in [2.24, 2.45) is 0 Å². The van der Waals surface area contributed by atoms with Crippen LogP contribution in [0.15, 0.2) is 48.8 Å². The molecule has 20 heavy (non-hydrogen) atoms. The fraction of sp³-hybridized carbons (Fsp3) is 0. The van der Waals surface area contributed by atoms with E-state index in [4.69, 9.17) is 22.1 Å². The number of rotatable bonds is 2. The van der Waals surface area contributed by atoms with Crippen LogP contribution in [0.5, 0.6) is 11.5 Å². The first kappa shape index (κ1) is 12.7. The second-order valence-corrected chi connectivity index (χ2v) is 4.64. The third-order valence-electron chi connectivity index (χ3n) is 2.96. The van der Waals surface area contributed by atoms with E-state index in [1.165, 1.54) is 12.1 Å². The third-order valence-corrected chi connectivity index (χ3v) is 3.25. The number of hydrogen-bond donors (Lipinski definition) is 1. The van der Waals surface area contributed by atoms with E-state index < -0.39 is 5.82 Å². The Morgan fingerprint density at radius 3 is 2.80 bits per heavy atom. The number of benzene rings is 2. The zero-order chi connectivity index (χ0) is 14.1. The topological polar surface area (TPSA) is 48.1 Å². The molecule has 0 aliphatic heterocycles. The number of pyridine rings is 1. The Bertz CT molecular complexity index is 792. The smallest absolute Gasteiger partial charge is 0.184 e. The Balaban J connectivity index is 2.07. The quantitative estimate of drug-likeness (QED) is 0.711. The van der Waals surface area contributed by atoms with Gasteiger partial charge in [0.25, 0.3) is 0 Å². The zero-order valence-corrected chi connectivity index (χ0v) is 11.1. The van der Waals surface area contributed by atoms with Crippen LogP contribution >= 0.6 is 11.6 Å². The Hall–Kier alpha value is -2.33. The minimum Gasteiger partial charge on any atom is -0.452 e. The van der Waals surface area contributed by atoms with Crippen LogP contribution in [0, 0.1) is 5.82 Å². The fourth-order valence-corrected chi connectivity index (χ4v) is 2.11. The summed E-state index contributed by atoms with van der Waals surface area (Å²) in [6, 6.07) is 9.85. The summed E-state index contributed by atoms with van der Waals surface area (Å²) in [5.41, 5.74) is 6.48. The molecule has 2 aromatic carbocycles. The van der Waals surface area contributed by atoms with Crippen molar-refractivity contribution < 1.29 is 9.13 Å². The van der Waals surface area contributed by atoms with Gasteiger partial charge < -0.3 is 10.5 Å². The summed E-state index contributed by atoms with van der Waals surface area (Å²) in [6.45, 7) is 0. The highest BCUT2D eigenvalue weighted by atomic mass is 35.5. The summed E-state index contributed by atoms with van der Waals surface area (Å²) in [6.07, 6.45) is 3.35. The SMILES string of the molecule is Nc1c(Oc2cccc(Cl)c2F)ccc2cnccc12. The number of nitrogen functional groups attached to an aromatic ring is 1. The number of hydrogen-bond acceptors (Lipinski definition) is 3. The van der Waals surface area contributed by atoms with E-state index in [2.05, 4.69) is 4.98 Å². The van der Waals surface area contributed by atoms with Crippen molar-refractivity contribution in [2.75, 3.05) is 5.73 Å². The molecular formula is C15H10ClFN2O. The van der Waals surface area contributed by atoms with Gasteiger partial charge in [-0.3, -0.25) is 4.98 Å². The first-order valence-electron chi connectivity index (χ1n) is 5.91. The molecule has 5 heteroatoms. The molecule has 0 saturated carbocycles. The van der Waals surface area contributed by atoms with E-state index in [0.29, 0.717) is 11.4 Å². The normalized spacial score (nSPS) is 10.7. The molecule has 0 unspecified atom stereocenters. The summed E-state index contributed by atoms with van der Waals surface area (Å²) in [5.74, 6) is -0.189. The largest absolute Gasteiger partial charge is 0.452 e. The second-order valence-electron chi connectivity index (χ2n) is 4.23. The third kappa shape index (κ3) is 2.14. The molecule has 0 saturated heterocycles. The van der Waals surface area contributed by atoms with E-state index >= 15 is 0 Å². The van der Waals surface area contributed by atoms with E-state index in [0.717, 1.165) is 10.8 Å². The number of anilines is 1. The summed E-state index contributed by atoms with van der Waals surface area (Å²) in [5, 5.41) is 1.70. The van der Waals surface area contributed by atoms with Gasteiger partial charge in [0.2, 0.25) is 0 Å². The lowest BCUT2D eigenvalue weighted by Crippen LogP contribution is -1.95. The van der Waals surface area contributed by atoms with Crippen molar-refractivity contribution in [3.63, 3.8) is 0 Å². The molecule has 3 nitrogen and oxygen atoms in total. The molecule has 0 aliphatic carbocycles. The van der Waals surface area contributed by atoms with Gasteiger partial charge in [0.1, 0.15) is 0 Å². The Morgan fingerprint density at radius 2 is 1.95 bits per heavy atom. The first-order chi connectivity index (χ1) is 9.66. The Labute approximate surface area is 119 Å². The predicted octanol–water partition coefficient (Wildman–Crippen LogP) is 4.40. The maximum Gasteiger partial charge on any atom is 0.184 e. The number of fused-ring (bicyclic) bond motifs is 1. The summed E-state index contributed by atoms with van der Waals surface area (Å²) in [7, 11) is 0. The number of ether oxygens (including phenoxy) is 1. The van der Waals surface area contributed by atoms with Gasteiger partial charge in [-0.15, -0.1) is 0 Å². The van der Waals surface area contributed by atoms with Crippen LogP contribution in [0.3, 0.4) is 0 Å². The standard InChI is InChI=1S/C15H10ClFN2O/c16-11-2-1-3-12(14(11)17)20-13-5-4-9-8-19-7-6-10(9)15(13)18/h1-8H,18H2. The predicted molar refractivity (Wildman–Crippen MR) is 77.6 cm³/mol. The average Bonchev–Trinajstić information content (AvgIpc) is 2.47. The molecule has 0 amide bonds. The molecule has 0 spiro atoms. The maximum absolute atomic E-state index is 13.8. The van der Waals surface area contributed by atoms with Gasteiger partial charge in [-0.25, -0.2) is 4.39 Å². The number of aromatic nitrogens is 1. The molecule has 0 fully saturated rings. The highest BCUT2D eigenvalue weighted by Gasteiger charge is 2.11. The van der Waals surface area contributed by atoms with E-state index in [1.807, 2.05) is 6.07 Å². The molecule has 100 valence electrons. The zero-order valence-electron chi connectivity index (χ0n) is 10.3. The number of halogens is 2. The fourth-order valence-electron chi connectivity index (χ4n) is 1.94. The summed E-state index contributed by atoms with van der Waals surface area (Å²) < 4.78 is 19.3. The van der Waals surface area contributed by atoms with Gasteiger partial charge in [0, 0.05) is 23.2 Å². The van der Waals surface area contributed by atoms with Crippen molar-refractivity contribution in [1.29, 1.82) is 0 Å². The van der Waals surface area contributed by atoms with Gasteiger partial charge in [-0.1, -0.05) is 17.7 Å². The highest BCUT2D eigenvalue weighted by Crippen LogP contribution is 2.35. The molecule has 0 radical (unpaired) electrons. The average molecular weight is 289 g/mol. The van der Waals surface area contributed by atoms with Crippen molar-refractivity contribution >= 4 is 28.1 Å². The van der Waals surface area contributed by atoms with Gasteiger partial charge in [0.15, 0.2) is 17.3 Å². The van der Waals surface area contributed by atoms with Gasteiger partial charge in [-0.2, -0.15) is 0 Å². The van der Waals surface area contributed by atoms with Crippen molar-refractivity contribution in [3.8, 4) is 11.5 Å². The number of nitrogens with two attached hydrogens (primary N) is 1. The molecule has 3 aromatic rings. The first-order valence-corrected chi connectivity index (χ1v) is 6.28. The number of nitrogens with zero attached hydrogens (tertiary/aromatic N) is 1. The lowest BCUT2D eigenvalue weighted by atomic mass is 10.1. The molecule has 1 heterocycles. The molecule has 1 aromatic heterocycles. The lowest BCUT2D eigenvalue weighted by molar-refractivity contribution is 0.445. The molecule has 0 bridgehead atoms. The minimum atomic E-state index is -0.608. The molecule has 3 rings (SSSR count). The molecular weight excluding hydrogens is 279 g/mol. The Kier molecular flexibility index (Phi) is 3.16. The lowest BCUT2D eigenvalue weighted by Gasteiger charge is -2.11. The van der Waals surface area contributed by atoms with Gasteiger partial charge in [-0.05, 0) is 30.3 Å². The monoisotopic (exact) mass is 288 g/mol. The second kappa shape index (κ2) is 4.98. The van der Waals surface area contributed by atoms with Crippen molar-refractivity contribution in [3.05, 3.63) is 59.6 Å². The van der Waals surface area contributed by atoms with Crippen LogP contribution in [-0.2, 0) is 0 Å².